The summed E-state index contributed by atoms with van der Waals surface area (Å²) in [4.78, 5) is 15.6. The lowest BCUT2D eigenvalue weighted by Gasteiger charge is -2.19. The quantitative estimate of drug-likeness (QED) is 0.160. The van der Waals surface area contributed by atoms with E-state index in [0.29, 0.717) is 17.5 Å². The van der Waals surface area contributed by atoms with Crippen molar-refractivity contribution in [3.63, 3.8) is 0 Å². The fourth-order valence-electron chi connectivity index (χ4n) is 11.0. The summed E-state index contributed by atoms with van der Waals surface area (Å²) >= 11 is 0. The van der Waals surface area contributed by atoms with Gasteiger partial charge >= 0.3 is 0 Å². The van der Waals surface area contributed by atoms with Crippen LogP contribution in [0.4, 0.5) is 0 Å². The Labute approximate surface area is 398 Å². The van der Waals surface area contributed by atoms with Gasteiger partial charge in [-0.25, -0.2) is 15.0 Å². The molecule has 5 nitrogen and oxygen atoms in total. The van der Waals surface area contributed by atoms with E-state index < -0.39 is 0 Å². The molecule has 5 heteroatoms. The molecule has 0 atom stereocenters. The molecule has 0 bridgehead atoms. The first-order valence-electron chi connectivity index (χ1n) is 23.5. The van der Waals surface area contributed by atoms with Gasteiger partial charge in [-0.3, -0.25) is 0 Å². The van der Waals surface area contributed by atoms with E-state index in [4.69, 9.17) is 15.0 Å². The first-order valence-corrected chi connectivity index (χ1v) is 23.5. The SMILES string of the molecule is c1ccc(-c2nc(-c3ccc(-n4c5ccccc5c5ccccc54)cc3)nc(-c3cccc(-c4cc(C5c6ccccc6-c6ccccc65)cc(-n5c6ccccc6c6ccccc65)c4)c3)n2)cc1. The fraction of sp³-hybridized carbons (Fsp3) is 0.0156. The minimum absolute atomic E-state index is 0.0632. The Hall–Kier alpha value is -9.19. The molecule has 1 aliphatic rings. The monoisotopic (exact) mass is 879 g/mol. The van der Waals surface area contributed by atoms with Crippen molar-refractivity contribution in [1.82, 2.24) is 24.1 Å². The first kappa shape index (κ1) is 39.0. The predicted molar refractivity (Wildman–Crippen MR) is 283 cm³/mol. The van der Waals surface area contributed by atoms with Gasteiger partial charge in [-0.05, 0) is 106 Å². The highest BCUT2D eigenvalue weighted by molar-refractivity contribution is 6.10. The van der Waals surface area contributed by atoms with E-state index in [0.717, 1.165) is 39.2 Å². The fourth-order valence-corrected chi connectivity index (χ4v) is 11.0. The van der Waals surface area contributed by atoms with Crippen molar-refractivity contribution >= 4 is 43.6 Å². The van der Waals surface area contributed by atoms with Crippen LogP contribution in [0.1, 0.15) is 22.6 Å². The van der Waals surface area contributed by atoms with Crippen molar-refractivity contribution in [3.8, 4) is 67.8 Å². The Bertz CT molecular complexity index is 3990. The first-order chi connectivity index (χ1) is 34.2. The van der Waals surface area contributed by atoms with E-state index in [9.17, 15) is 0 Å². The van der Waals surface area contributed by atoms with Crippen LogP contribution in [-0.4, -0.2) is 24.1 Å². The maximum atomic E-state index is 5.25. The summed E-state index contributed by atoms with van der Waals surface area (Å²) in [5, 5.41) is 4.94. The Morgan fingerprint density at radius 3 is 1.25 bits per heavy atom. The highest BCUT2D eigenvalue weighted by atomic mass is 15.0. The van der Waals surface area contributed by atoms with E-state index >= 15 is 0 Å². The Kier molecular flexibility index (Phi) is 8.89. The lowest BCUT2D eigenvalue weighted by molar-refractivity contribution is 1.01. The number of benzene rings is 10. The van der Waals surface area contributed by atoms with Gasteiger partial charge in [0.05, 0.1) is 22.1 Å². The lowest BCUT2D eigenvalue weighted by atomic mass is 9.87. The van der Waals surface area contributed by atoms with Gasteiger partial charge in [-0.15, -0.1) is 0 Å². The third-order valence-electron chi connectivity index (χ3n) is 14.0. The van der Waals surface area contributed by atoms with Crippen LogP contribution in [0.5, 0.6) is 0 Å². The highest BCUT2D eigenvalue weighted by Gasteiger charge is 2.30. The summed E-state index contributed by atoms with van der Waals surface area (Å²) < 4.78 is 4.77. The molecule has 3 aromatic heterocycles. The van der Waals surface area contributed by atoms with Crippen molar-refractivity contribution in [1.29, 1.82) is 0 Å². The van der Waals surface area contributed by atoms with Gasteiger partial charge in [0.2, 0.25) is 0 Å². The highest BCUT2D eigenvalue weighted by Crippen LogP contribution is 2.49. The molecule has 0 spiro atoms. The van der Waals surface area contributed by atoms with Gasteiger partial charge in [0.15, 0.2) is 17.5 Å². The molecule has 3 heterocycles. The molecule has 322 valence electrons. The van der Waals surface area contributed by atoms with Gasteiger partial charge in [0, 0.05) is 55.5 Å². The summed E-state index contributed by atoms with van der Waals surface area (Å²) in [5.41, 5.74) is 18.3. The minimum atomic E-state index is 0.0632. The van der Waals surface area contributed by atoms with Crippen molar-refractivity contribution in [2.45, 2.75) is 5.92 Å². The molecular weight excluding hydrogens is 839 g/mol. The summed E-state index contributed by atoms with van der Waals surface area (Å²) in [6.45, 7) is 0. The van der Waals surface area contributed by atoms with Crippen molar-refractivity contribution in [2.24, 2.45) is 0 Å². The molecule has 1 aliphatic carbocycles. The molecular formula is C64H41N5. The number of para-hydroxylation sites is 4. The second-order valence-corrected chi connectivity index (χ2v) is 18.0. The number of hydrogen-bond acceptors (Lipinski definition) is 3. The Balaban J connectivity index is 0.927. The maximum Gasteiger partial charge on any atom is 0.164 e. The van der Waals surface area contributed by atoms with Crippen molar-refractivity contribution in [2.75, 3.05) is 0 Å². The normalized spacial score (nSPS) is 12.3. The molecule has 0 fully saturated rings. The number of fused-ring (bicyclic) bond motifs is 9. The smallest absolute Gasteiger partial charge is 0.164 e. The maximum absolute atomic E-state index is 5.25. The molecule has 14 rings (SSSR count). The number of nitrogens with zero attached hydrogens (tertiary/aromatic N) is 5. The number of aromatic nitrogens is 5. The average molecular weight is 880 g/mol. The van der Waals surface area contributed by atoms with E-state index in [1.54, 1.807) is 0 Å². The minimum Gasteiger partial charge on any atom is -0.309 e. The van der Waals surface area contributed by atoms with Gasteiger partial charge in [0.25, 0.3) is 0 Å². The van der Waals surface area contributed by atoms with Crippen LogP contribution in [0.15, 0.2) is 243 Å². The third-order valence-corrected chi connectivity index (χ3v) is 14.0. The predicted octanol–water partition coefficient (Wildman–Crippen LogP) is 15.9. The van der Waals surface area contributed by atoms with Crippen LogP contribution >= 0.6 is 0 Å². The van der Waals surface area contributed by atoms with Gasteiger partial charge in [0.1, 0.15) is 0 Å². The second kappa shape index (κ2) is 15.7. The third kappa shape index (κ3) is 6.36. The van der Waals surface area contributed by atoms with Gasteiger partial charge in [-0.1, -0.05) is 176 Å². The summed E-state index contributed by atoms with van der Waals surface area (Å²) in [6, 6.07) is 87.1. The Morgan fingerprint density at radius 1 is 0.275 bits per heavy atom. The zero-order valence-electron chi connectivity index (χ0n) is 37.4. The molecule has 0 saturated carbocycles. The molecule has 69 heavy (non-hydrogen) atoms. The largest absolute Gasteiger partial charge is 0.309 e. The van der Waals surface area contributed by atoms with Crippen LogP contribution in [0.2, 0.25) is 0 Å². The standard InChI is InChI=1S/C64H41N5/c1-2-17-41(18-3-1)62-65-63(42-33-35-47(36-34-42)68-57-29-12-8-23-51(57)52-24-9-13-30-58(52)68)67-64(66-62)44-20-16-19-43(37-44)45-38-46(61-55-27-6-4-21-49(55)50-22-5-7-28-56(50)61)40-48(39-45)69-59-31-14-10-25-53(59)54-26-11-15-32-60(54)69/h1-40,61H. The van der Waals surface area contributed by atoms with Crippen LogP contribution in [0.25, 0.3) is 111 Å². The average Bonchev–Trinajstić information content (AvgIpc) is 4.07. The Morgan fingerprint density at radius 2 is 0.696 bits per heavy atom. The zero-order valence-corrected chi connectivity index (χ0v) is 37.4. The van der Waals surface area contributed by atoms with E-state index in [2.05, 4.69) is 234 Å². The summed E-state index contributed by atoms with van der Waals surface area (Å²) in [5.74, 6) is 1.92. The topological polar surface area (TPSA) is 48.5 Å². The molecule has 0 amide bonds. The van der Waals surface area contributed by atoms with Gasteiger partial charge < -0.3 is 9.13 Å². The molecule has 0 N–H and O–H groups in total. The van der Waals surface area contributed by atoms with Crippen LogP contribution in [0.3, 0.4) is 0 Å². The molecule has 10 aromatic carbocycles. The molecule has 0 saturated heterocycles. The number of rotatable bonds is 7. The number of hydrogen-bond donors (Lipinski definition) is 0. The van der Waals surface area contributed by atoms with Crippen LogP contribution in [0, 0.1) is 0 Å². The molecule has 0 aliphatic heterocycles. The van der Waals surface area contributed by atoms with E-state index in [1.165, 1.54) is 71.4 Å². The molecule has 13 aromatic rings. The van der Waals surface area contributed by atoms with Crippen LogP contribution < -0.4 is 0 Å². The second-order valence-electron chi connectivity index (χ2n) is 18.0. The summed E-state index contributed by atoms with van der Waals surface area (Å²) in [6.07, 6.45) is 0. The lowest BCUT2D eigenvalue weighted by Crippen LogP contribution is -2.03. The van der Waals surface area contributed by atoms with Gasteiger partial charge in [-0.2, -0.15) is 0 Å². The molecule has 0 radical (unpaired) electrons. The van der Waals surface area contributed by atoms with E-state index in [1.807, 2.05) is 18.2 Å². The zero-order chi connectivity index (χ0) is 45.4. The summed E-state index contributed by atoms with van der Waals surface area (Å²) in [7, 11) is 0. The van der Waals surface area contributed by atoms with Crippen molar-refractivity contribution < 1.29 is 0 Å². The molecule has 0 unspecified atom stereocenters. The van der Waals surface area contributed by atoms with Crippen molar-refractivity contribution in [3.05, 3.63) is 259 Å². The van der Waals surface area contributed by atoms with E-state index in [-0.39, 0.29) is 5.92 Å². The van der Waals surface area contributed by atoms with Crippen LogP contribution in [-0.2, 0) is 0 Å².